The molecular formula is C30H48O3. The predicted octanol–water partition coefficient (Wildman–Crippen LogP) is 6.61. The third kappa shape index (κ3) is 2.84. The van der Waals surface area contributed by atoms with Gasteiger partial charge in [-0.1, -0.05) is 41.5 Å². The Kier molecular flexibility index (Phi) is 4.90. The summed E-state index contributed by atoms with van der Waals surface area (Å²) in [6.07, 6.45) is 9.00. The minimum absolute atomic E-state index is 0.0250. The lowest BCUT2D eigenvalue weighted by molar-refractivity contribution is -0.229. The maximum Gasteiger partial charge on any atom is 0.138 e. The molecule has 0 spiro atoms. The van der Waals surface area contributed by atoms with Gasteiger partial charge < -0.3 is 5.11 Å². The van der Waals surface area contributed by atoms with E-state index >= 15 is 0 Å². The number of Topliss-reactive ketones (excluding diaryl/α,β-unsaturated/α-hetero) is 2. The van der Waals surface area contributed by atoms with E-state index in [2.05, 4.69) is 41.5 Å². The Hall–Kier alpha value is -0.700. The van der Waals surface area contributed by atoms with Crippen LogP contribution < -0.4 is 0 Å². The number of carbonyl (C=O) groups is 2. The molecule has 0 aromatic heterocycles. The normalized spacial score (nSPS) is 53.7. The highest BCUT2D eigenvalue weighted by Crippen LogP contribution is 2.76. The molecule has 5 aliphatic carbocycles. The van der Waals surface area contributed by atoms with E-state index in [0.29, 0.717) is 42.2 Å². The van der Waals surface area contributed by atoms with E-state index in [9.17, 15) is 14.7 Å². The molecule has 0 bridgehead atoms. The second-order valence-corrected chi connectivity index (χ2v) is 15.3. The topological polar surface area (TPSA) is 54.4 Å². The van der Waals surface area contributed by atoms with Crippen LogP contribution in [-0.4, -0.2) is 22.3 Å². The molecule has 3 heteroatoms. The van der Waals surface area contributed by atoms with E-state index in [-0.39, 0.29) is 38.9 Å². The Morgan fingerprint density at radius 1 is 0.848 bits per heavy atom. The molecule has 5 rings (SSSR count). The molecule has 0 aromatic rings. The minimum Gasteiger partial charge on any atom is -0.390 e. The second-order valence-electron chi connectivity index (χ2n) is 15.3. The van der Waals surface area contributed by atoms with Crippen molar-refractivity contribution in [3.63, 3.8) is 0 Å². The molecule has 5 aliphatic rings. The van der Waals surface area contributed by atoms with E-state index in [1.807, 2.05) is 13.8 Å². The third-order valence-electron chi connectivity index (χ3n) is 13.2. The Bertz CT molecular complexity index is 881. The van der Waals surface area contributed by atoms with Crippen molar-refractivity contribution in [2.45, 2.75) is 119 Å². The fraction of sp³-hybridized carbons (Fsp3) is 0.933. The van der Waals surface area contributed by atoms with Gasteiger partial charge in [-0.25, -0.2) is 0 Å². The van der Waals surface area contributed by atoms with Crippen molar-refractivity contribution in [1.82, 2.24) is 0 Å². The summed E-state index contributed by atoms with van der Waals surface area (Å²) < 4.78 is 0. The van der Waals surface area contributed by atoms with E-state index in [4.69, 9.17) is 0 Å². The van der Waals surface area contributed by atoms with Gasteiger partial charge in [0, 0.05) is 24.2 Å². The maximum atomic E-state index is 14.3. The first-order valence-corrected chi connectivity index (χ1v) is 13.8. The summed E-state index contributed by atoms with van der Waals surface area (Å²) in [5.41, 5.74) is -0.764. The largest absolute Gasteiger partial charge is 0.390 e. The fourth-order valence-electron chi connectivity index (χ4n) is 11.3. The highest BCUT2D eigenvalue weighted by atomic mass is 16.3. The lowest BCUT2D eigenvalue weighted by Crippen LogP contribution is -2.69. The van der Waals surface area contributed by atoms with E-state index in [1.54, 1.807) is 0 Å². The number of ketones is 2. The SMILES string of the molecule is CC(C)(O)[C@@H]1CC[C@]2(C)CC[C@]3(C)[C@H](CC(=O)[C@@H]4[C@@]5(C)CCC(=O)C(C)(C)[C@@H]5CC[C@]43C)[C@@H]12. The molecule has 1 N–H and O–H groups in total. The summed E-state index contributed by atoms with van der Waals surface area (Å²) in [5, 5.41) is 11.2. The minimum atomic E-state index is -0.696. The molecule has 9 atom stereocenters. The molecule has 0 amide bonds. The molecule has 0 saturated heterocycles. The van der Waals surface area contributed by atoms with E-state index < -0.39 is 5.60 Å². The molecule has 5 saturated carbocycles. The number of fused-ring (bicyclic) bond motifs is 7. The van der Waals surface area contributed by atoms with Gasteiger partial charge in [-0.2, -0.15) is 0 Å². The quantitative estimate of drug-likeness (QED) is 0.483. The predicted molar refractivity (Wildman–Crippen MR) is 132 cm³/mol. The van der Waals surface area contributed by atoms with E-state index in [1.165, 1.54) is 19.3 Å². The molecule has 33 heavy (non-hydrogen) atoms. The van der Waals surface area contributed by atoms with Crippen LogP contribution in [0, 0.1) is 56.7 Å². The Labute approximate surface area is 201 Å². The summed E-state index contributed by atoms with van der Waals surface area (Å²) in [4.78, 5) is 27.2. The Morgan fingerprint density at radius 2 is 1.52 bits per heavy atom. The van der Waals surface area contributed by atoms with Gasteiger partial charge in [-0.15, -0.1) is 0 Å². The maximum absolute atomic E-state index is 14.3. The first-order chi connectivity index (χ1) is 15.0. The smallest absolute Gasteiger partial charge is 0.138 e. The highest BCUT2D eigenvalue weighted by Gasteiger charge is 2.72. The van der Waals surface area contributed by atoms with Crippen molar-refractivity contribution in [1.29, 1.82) is 0 Å². The van der Waals surface area contributed by atoms with Crippen LogP contribution in [0.1, 0.15) is 113 Å². The summed E-state index contributed by atoms with van der Waals surface area (Å²) in [5.74, 6) is 2.30. The second kappa shape index (κ2) is 6.74. The van der Waals surface area contributed by atoms with Gasteiger partial charge in [0.15, 0.2) is 0 Å². The van der Waals surface area contributed by atoms with Crippen molar-refractivity contribution >= 4 is 11.6 Å². The molecule has 0 heterocycles. The van der Waals surface area contributed by atoms with Crippen LogP contribution in [0.5, 0.6) is 0 Å². The average Bonchev–Trinajstić information content (AvgIpc) is 3.05. The van der Waals surface area contributed by atoms with Gasteiger partial charge in [-0.3, -0.25) is 9.59 Å². The van der Waals surface area contributed by atoms with Crippen molar-refractivity contribution in [3.05, 3.63) is 0 Å². The first kappa shape index (κ1) is 24.0. The van der Waals surface area contributed by atoms with Crippen LogP contribution in [0.2, 0.25) is 0 Å². The van der Waals surface area contributed by atoms with Gasteiger partial charge in [0.05, 0.1) is 5.60 Å². The van der Waals surface area contributed by atoms with Crippen LogP contribution in [0.15, 0.2) is 0 Å². The zero-order chi connectivity index (χ0) is 24.4. The highest BCUT2D eigenvalue weighted by molar-refractivity contribution is 5.88. The first-order valence-electron chi connectivity index (χ1n) is 13.8. The molecule has 0 radical (unpaired) electrons. The standard InChI is InChI=1S/C30H48O3/c1-25(2)21-10-14-30(8)24(28(21,6)13-11-22(25)32)20(31)17-19-23-18(26(3,4)33)9-12-27(23,5)15-16-29(19,30)7/h18-19,21,23-24,33H,9-17H2,1-8H3/t18-,19-,21+,23-,24-,27-,28+,29-,30-/m1/s1. The fourth-order valence-corrected chi connectivity index (χ4v) is 11.3. The van der Waals surface area contributed by atoms with Crippen molar-refractivity contribution in [2.75, 3.05) is 0 Å². The Morgan fingerprint density at radius 3 is 2.15 bits per heavy atom. The van der Waals surface area contributed by atoms with Crippen LogP contribution in [-0.2, 0) is 9.59 Å². The van der Waals surface area contributed by atoms with Crippen LogP contribution in [0.3, 0.4) is 0 Å². The third-order valence-corrected chi connectivity index (χ3v) is 13.2. The van der Waals surface area contributed by atoms with Gasteiger partial charge in [0.2, 0.25) is 0 Å². The molecular weight excluding hydrogens is 408 g/mol. The summed E-state index contributed by atoms with van der Waals surface area (Å²) in [6.45, 7) is 18.1. The van der Waals surface area contributed by atoms with Gasteiger partial charge in [0.25, 0.3) is 0 Å². The molecule has 0 unspecified atom stereocenters. The molecule has 3 nitrogen and oxygen atoms in total. The monoisotopic (exact) mass is 456 g/mol. The van der Waals surface area contributed by atoms with Crippen LogP contribution >= 0.6 is 0 Å². The number of rotatable bonds is 1. The average molecular weight is 457 g/mol. The number of hydrogen-bond acceptors (Lipinski definition) is 3. The lowest BCUT2D eigenvalue weighted by atomic mass is 9.32. The van der Waals surface area contributed by atoms with Crippen molar-refractivity contribution in [2.24, 2.45) is 56.7 Å². The summed E-state index contributed by atoms with van der Waals surface area (Å²) in [7, 11) is 0. The summed E-state index contributed by atoms with van der Waals surface area (Å²) in [6, 6.07) is 0. The Balaban J connectivity index is 1.60. The van der Waals surface area contributed by atoms with Gasteiger partial charge >= 0.3 is 0 Å². The number of hydrogen-bond donors (Lipinski definition) is 1. The lowest BCUT2D eigenvalue weighted by Gasteiger charge is -2.71. The van der Waals surface area contributed by atoms with Gasteiger partial charge in [-0.05, 0) is 104 Å². The zero-order valence-corrected chi connectivity index (χ0v) is 22.5. The zero-order valence-electron chi connectivity index (χ0n) is 22.5. The van der Waals surface area contributed by atoms with Crippen LogP contribution in [0.25, 0.3) is 0 Å². The summed E-state index contributed by atoms with van der Waals surface area (Å²) >= 11 is 0. The number of aliphatic hydroxyl groups is 1. The van der Waals surface area contributed by atoms with Gasteiger partial charge in [0.1, 0.15) is 11.6 Å². The molecule has 0 aliphatic heterocycles. The van der Waals surface area contributed by atoms with E-state index in [0.717, 1.165) is 25.7 Å². The molecule has 0 aromatic carbocycles. The van der Waals surface area contributed by atoms with Crippen molar-refractivity contribution < 1.29 is 14.7 Å². The van der Waals surface area contributed by atoms with Crippen LogP contribution in [0.4, 0.5) is 0 Å². The molecule has 186 valence electrons. The molecule has 5 fully saturated rings. The number of carbonyl (C=O) groups excluding carboxylic acids is 2. The van der Waals surface area contributed by atoms with Crippen molar-refractivity contribution in [3.8, 4) is 0 Å².